The van der Waals surface area contributed by atoms with Crippen LogP contribution in [0.1, 0.15) is 23.7 Å². The summed E-state index contributed by atoms with van der Waals surface area (Å²) in [5.74, 6) is 2.04. The molecule has 3 aromatic rings. The van der Waals surface area contributed by atoms with Crippen molar-refractivity contribution in [3.8, 4) is 0 Å². The highest BCUT2D eigenvalue weighted by molar-refractivity contribution is 5.73. The van der Waals surface area contributed by atoms with Crippen LogP contribution in [0.4, 0.5) is 23.1 Å². The van der Waals surface area contributed by atoms with Gasteiger partial charge in [-0.15, -0.1) is 0 Å². The van der Waals surface area contributed by atoms with Crippen molar-refractivity contribution in [1.29, 1.82) is 0 Å². The number of aromatic nitrogens is 4. The number of H-pyrrole nitrogens is 1. The number of rotatable bonds is 4. The second-order valence-corrected chi connectivity index (χ2v) is 6.65. The molecule has 0 saturated carbocycles. The number of carbonyl (C=O) groups is 1. The molecule has 1 amide bonds. The van der Waals surface area contributed by atoms with E-state index in [0.29, 0.717) is 24.0 Å². The average molecular weight is 363 g/mol. The van der Waals surface area contributed by atoms with Crippen molar-refractivity contribution < 1.29 is 4.79 Å². The lowest BCUT2D eigenvalue weighted by Crippen LogP contribution is -2.34. The van der Waals surface area contributed by atoms with E-state index >= 15 is 0 Å². The Bertz CT molecular complexity index is 982. The summed E-state index contributed by atoms with van der Waals surface area (Å²) in [6.45, 7) is 4.97. The molecule has 0 spiro atoms. The Kier molecular flexibility index (Phi) is 4.45. The summed E-state index contributed by atoms with van der Waals surface area (Å²) in [7, 11) is 0. The first kappa shape index (κ1) is 17.0. The summed E-state index contributed by atoms with van der Waals surface area (Å²) in [5.41, 5.74) is 4.33. The van der Waals surface area contributed by atoms with Gasteiger partial charge in [0.25, 0.3) is 0 Å². The smallest absolute Gasteiger partial charge is 0.219 e. The van der Waals surface area contributed by atoms with Gasteiger partial charge in [0.1, 0.15) is 0 Å². The van der Waals surface area contributed by atoms with Gasteiger partial charge in [-0.3, -0.25) is 14.9 Å². The van der Waals surface area contributed by atoms with Gasteiger partial charge >= 0.3 is 0 Å². The lowest BCUT2D eigenvalue weighted by molar-refractivity contribution is -0.129. The molecule has 0 saturated heterocycles. The highest BCUT2D eigenvalue weighted by atomic mass is 16.2. The summed E-state index contributed by atoms with van der Waals surface area (Å²) >= 11 is 0. The summed E-state index contributed by atoms with van der Waals surface area (Å²) in [4.78, 5) is 22.3. The van der Waals surface area contributed by atoms with Gasteiger partial charge in [0.05, 0.1) is 12.4 Å². The minimum atomic E-state index is 0.109. The van der Waals surface area contributed by atoms with Crippen LogP contribution in [0.3, 0.4) is 0 Å². The molecule has 0 aliphatic carbocycles. The fourth-order valence-corrected chi connectivity index (χ4v) is 3.15. The van der Waals surface area contributed by atoms with E-state index in [1.165, 1.54) is 5.56 Å². The lowest BCUT2D eigenvalue weighted by atomic mass is 9.99. The average Bonchev–Trinajstić information content (AvgIpc) is 3.06. The van der Waals surface area contributed by atoms with Gasteiger partial charge in [-0.05, 0) is 36.6 Å². The summed E-state index contributed by atoms with van der Waals surface area (Å²) < 4.78 is 0. The number of fused-ring (bicyclic) bond motifs is 1. The highest BCUT2D eigenvalue weighted by Crippen LogP contribution is 2.25. The lowest BCUT2D eigenvalue weighted by Gasteiger charge is -2.28. The molecule has 1 aromatic carbocycles. The Morgan fingerprint density at radius 2 is 1.93 bits per heavy atom. The van der Waals surface area contributed by atoms with Gasteiger partial charge < -0.3 is 15.5 Å². The minimum Gasteiger partial charge on any atom is -0.339 e. The molecule has 8 heteroatoms. The first-order chi connectivity index (χ1) is 13.1. The van der Waals surface area contributed by atoms with Crippen molar-refractivity contribution in [3.63, 3.8) is 0 Å². The monoisotopic (exact) mass is 363 g/mol. The molecule has 0 atom stereocenters. The number of nitrogens with one attached hydrogen (secondary N) is 3. The fraction of sp³-hybridized carbons (Fsp3) is 0.263. The second kappa shape index (κ2) is 7.06. The van der Waals surface area contributed by atoms with Crippen LogP contribution in [-0.2, 0) is 17.8 Å². The van der Waals surface area contributed by atoms with Gasteiger partial charge in [-0.25, -0.2) is 4.98 Å². The zero-order valence-electron chi connectivity index (χ0n) is 15.3. The van der Waals surface area contributed by atoms with Crippen molar-refractivity contribution in [1.82, 2.24) is 25.1 Å². The van der Waals surface area contributed by atoms with Crippen molar-refractivity contribution in [2.45, 2.75) is 26.8 Å². The molecule has 138 valence electrons. The van der Waals surface area contributed by atoms with Crippen LogP contribution in [-0.4, -0.2) is 37.5 Å². The molecule has 0 fully saturated rings. The van der Waals surface area contributed by atoms with Crippen molar-refractivity contribution in [2.24, 2.45) is 0 Å². The molecule has 27 heavy (non-hydrogen) atoms. The number of nitrogens with zero attached hydrogens (tertiary/aromatic N) is 4. The van der Waals surface area contributed by atoms with E-state index in [2.05, 4.69) is 42.9 Å². The number of aryl methyl sites for hydroxylation is 1. The fourth-order valence-electron chi connectivity index (χ4n) is 3.15. The Labute approximate surface area is 157 Å². The van der Waals surface area contributed by atoms with E-state index in [-0.39, 0.29) is 5.91 Å². The van der Waals surface area contributed by atoms with Gasteiger partial charge in [-0.2, -0.15) is 5.10 Å². The van der Waals surface area contributed by atoms with Crippen LogP contribution >= 0.6 is 0 Å². The molecule has 4 rings (SSSR count). The molecule has 8 nitrogen and oxygen atoms in total. The molecule has 3 N–H and O–H groups in total. The summed E-state index contributed by atoms with van der Waals surface area (Å²) in [6.07, 6.45) is 4.20. The number of hydrogen-bond acceptors (Lipinski definition) is 6. The third-order valence-corrected chi connectivity index (χ3v) is 4.53. The van der Waals surface area contributed by atoms with Crippen LogP contribution in [0, 0.1) is 6.92 Å². The Morgan fingerprint density at radius 3 is 2.67 bits per heavy atom. The number of benzene rings is 1. The van der Waals surface area contributed by atoms with Crippen molar-refractivity contribution >= 4 is 29.0 Å². The van der Waals surface area contributed by atoms with Crippen molar-refractivity contribution in [2.75, 3.05) is 17.2 Å². The van der Waals surface area contributed by atoms with E-state index in [1.54, 1.807) is 19.3 Å². The third kappa shape index (κ3) is 3.89. The molecular formula is C19H21N7O. The van der Waals surface area contributed by atoms with Gasteiger partial charge in [-0.1, -0.05) is 6.07 Å². The van der Waals surface area contributed by atoms with E-state index in [4.69, 9.17) is 0 Å². The quantitative estimate of drug-likeness (QED) is 0.659. The predicted octanol–water partition coefficient (Wildman–Crippen LogP) is 2.90. The first-order valence-corrected chi connectivity index (χ1v) is 8.82. The Balaban J connectivity index is 1.50. The van der Waals surface area contributed by atoms with Crippen LogP contribution in [0.25, 0.3) is 0 Å². The van der Waals surface area contributed by atoms with Crippen LogP contribution < -0.4 is 10.6 Å². The van der Waals surface area contributed by atoms with Crippen molar-refractivity contribution in [3.05, 3.63) is 53.5 Å². The number of anilines is 4. The second-order valence-electron chi connectivity index (χ2n) is 6.65. The maximum absolute atomic E-state index is 11.7. The largest absolute Gasteiger partial charge is 0.339 e. The highest BCUT2D eigenvalue weighted by Gasteiger charge is 2.18. The predicted molar refractivity (Wildman–Crippen MR) is 103 cm³/mol. The van der Waals surface area contributed by atoms with Gasteiger partial charge in [0, 0.05) is 37.5 Å². The number of amides is 1. The van der Waals surface area contributed by atoms with Crippen LogP contribution in [0.2, 0.25) is 0 Å². The summed E-state index contributed by atoms with van der Waals surface area (Å²) in [5, 5.41) is 13.4. The molecule has 0 radical (unpaired) electrons. The Morgan fingerprint density at radius 1 is 1.11 bits per heavy atom. The molecule has 2 aromatic heterocycles. The number of hydrogen-bond donors (Lipinski definition) is 3. The van der Waals surface area contributed by atoms with E-state index < -0.39 is 0 Å². The normalized spacial score (nSPS) is 13.2. The van der Waals surface area contributed by atoms with Crippen LogP contribution in [0.15, 0.2) is 36.7 Å². The van der Waals surface area contributed by atoms with Crippen LogP contribution in [0.5, 0.6) is 0 Å². The number of aromatic amines is 1. The van der Waals surface area contributed by atoms with Gasteiger partial charge in [0.2, 0.25) is 5.91 Å². The SMILES string of the molecule is CC(=O)N1CCc2ccc(Nc3cncc(Nc4cc(C)[nH]n4)n3)cc2C1. The molecule has 0 bridgehead atoms. The summed E-state index contributed by atoms with van der Waals surface area (Å²) in [6, 6.07) is 8.10. The van der Waals surface area contributed by atoms with E-state index in [9.17, 15) is 4.79 Å². The third-order valence-electron chi connectivity index (χ3n) is 4.53. The van der Waals surface area contributed by atoms with Gasteiger partial charge in [0.15, 0.2) is 17.5 Å². The topological polar surface area (TPSA) is 98.8 Å². The number of carbonyl (C=O) groups excluding carboxylic acids is 1. The molecule has 0 unspecified atom stereocenters. The molecular weight excluding hydrogens is 342 g/mol. The minimum absolute atomic E-state index is 0.109. The Hall–Kier alpha value is -3.42. The zero-order chi connectivity index (χ0) is 18.8. The maximum Gasteiger partial charge on any atom is 0.219 e. The standard InChI is InChI=1S/C19H21N7O/c1-12-7-17(25-24-12)22-19-10-20-9-18(23-19)21-16-4-3-14-5-6-26(13(2)27)11-15(14)8-16/h3-4,7-10H,5-6,11H2,1-2H3,(H3,21,22,23,24,25). The maximum atomic E-state index is 11.7. The molecule has 1 aliphatic rings. The molecule has 1 aliphatic heterocycles. The zero-order valence-corrected chi connectivity index (χ0v) is 15.3. The molecule has 3 heterocycles. The first-order valence-electron chi connectivity index (χ1n) is 8.82. The van der Waals surface area contributed by atoms with E-state index in [1.807, 2.05) is 24.0 Å². The van der Waals surface area contributed by atoms with E-state index in [0.717, 1.165) is 29.9 Å².